The summed E-state index contributed by atoms with van der Waals surface area (Å²) < 4.78 is 26.0. The number of amides is 1. The first-order chi connectivity index (χ1) is 9.86. The quantitative estimate of drug-likeness (QED) is 0.777. The van der Waals surface area contributed by atoms with Gasteiger partial charge in [0.15, 0.2) is 0 Å². The fourth-order valence-corrected chi connectivity index (χ4v) is 3.23. The SMILES string of the molecule is CCC(NC)c1cccc(S(=O)(=O)N(C)CC(=O)NC)c1. The number of carbonyl (C=O) groups is 1. The molecule has 0 aliphatic carbocycles. The van der Waals surface area contributed by atoms with Crippen LogP contribution in [-0.4, -0.2) is 46.3 Å². The largest absolute Gasteiger partial charge is 0.358 e. The minimum absolute atomic E-state index is 0.101. The van der Waals surface area contributed by atoms with E-state index in [2.05, 4.69) is 10.6 Å². The Morgan fingerprint density at radius 3 is 2.52 bits per heavy atom. The van der Waals surface area contributed by atoms with E-state index in [9.17, 15) is 13.2 Å². The highest BCUT2D eigenvalue weighted by Gasteiger charge is 2.23. The molecular formula is C14H23N3O3S. The van der Waals surface area contributed by atoms with Gasteiger partial charge in [-0.25, -0.2) is 8.42 Å². The van der Waals surface area contributed by atoms with E-state index in [1.807, 2.05) is 20.0 Å². The molecule has 7 heteroatoms. The summed E-state index contributed by atoms with van der Waals surface area (Å²) in [6.07, 6.45) is 0.855. The predicted molar refractivity (Wildman–Crippen MR) is 82.4 cm³/mol. The number of rotatable bonds is 7. The van der Waals surface area contributed by atoms with Gasteiger partial charge in [0, 0.05) is 20.1 Å². The lowest BCUT2D eigenvalue weighted by molar-refractivity contribution is -0.120. The normalized spacial score (nSPS) is 13.2. The summed E-state index contributed by atoms with van der Waals surface area (Å²) in [5.74, 6) is -0.348. The molecule has 1 aromatic carbocycles. The minimum Gasteiger partial charge on any atom is -0.358 e. The van der Waals surface area contributed by atoms with Crippen molar-refractivity contribution in [2.75, 3.05) is 27.7 Å². The molecule has 1 rings (SSSR count). The molecule has 0 spiro atoms. The van der Waals surface area contributed by atoms with Crippen molar-refractivity contribution in [1.29, 1.82) is 0 Å². The second-order valence-electron chi connectivity index (χ2n) is 4.76. The summed E-state index contributed by atoms with van der Waals surface area (Å²) in [6, 6.07) is 6.91. The average molecular weight is 313 g/mol. The molecule has 0 aliphatic rings. The van der Waals surface area contributed by atoms with Gasteiger partial charge in [-0.3, -0.25) is 4.79 Å². The first kappa shape index (κ1) is 17.6. The van der Waals surface area contributed by atoms with Gasteiger partial charge in [-0.1, -0.05) is 19.1 Å². The van der Waals surface area contributed by atoms with Crippen LogP contribution in [0.5, 0.6) is 0 Å². The fraction of sp³-hybridized carbons (Fsp3) is 0.500. The summed E-state index contributed by atoms with van der Waals surface area (Å²) in [5.41, 5.74) is 0.911. The van der Waals surface area contributed by atoms with Gasteiger partial charge in [0.25, 0.3) is 0 Å². The number of carbonyl (C=O) groups excluding carboxylic acids is 1. The summed E-state index contributed by atoms with van der Waals surface area (Å²) in [6.45, 7) is 1.83. The van der Waals surface area contributed by atoms with Crippen molar-refractivity contribution in [1.82, 2.24) is 14.9 Å². The summed E-state index contributed by atoms with van der Waals surface area (Å²) in [4.78, 5) is 11.5. The maximum Gasteiger partial charge on any atom is 0.243 e. The highest BCUT2D eigenvalue weighted by atomic mass is 32.2. The Hall–Kier alpha value is -1.44. The van der Waals surface area contributed by atoms with Crippen molar-refractivity contribution >= 4 is 15.9 Å². The number of benzene rings is 1. The molecule has 0 saturated heterocycles. The lowest BCUT2D eigenvalue weighted by Crippen LogP contribution is -2.36. The van der Waals surface area contributed by atoms with E-state index in [0.29, 0.717) is 0 Å². The van der Waals surface area contributed by atoms with Crippen molar-refractivity contribution in [3.63, 3.8) is 0 Å². The molecule has 1 aromatic rings. The summed E-state index contributed by atoms with van der Waals surface area (Å²) in [5, 5.41) is 5.56. The lowest BCUT2D eigenvalue weighted by atomic mass is 10.1. The molecule has 0 aliphatic heterocycles. The van der Waals surface area contributed by atoms with Crippen LogP contribution in [0.15, 0.2) is 29.2 Å². The third-order valence-electron chi connectivity index (χ3n) is 3.37. The van der Waals surface area contributed by atoms with Crippen LogP contribution in [0.1, 0.15) is 24.9 Å². The Morgan fingerprint density at radius 1 is 1.33 bits per heavy atom. The number of nitrogens with one attached hydrogen (secondary N) is 2. The third-order valence-corrected chi connectivity index (χ3v) is 5.17. The zero-order valence-electron chi connectivity index (χ0n) is 12.9. The van der Waals surface area contributed by atoms with Crippen molar-refractivity contribution in [3.05, 3.63) is 29.8 Å². The number of hydrogen-bond acceptors (Lipinski definition) is 4. The van der Waals surface area contributed by atoms with Crippen LogP contribution in [0.3, 0.4) is 0 Å². The van der Waals surface area contributed by atoms with E-state index in [0.717, 1.165) is 16.3 Å². The summed E-state index contributed by atoms with van der Waals surface area (Å²) >= 11 is 0. The second kappa shape index (κ2) is 7.53. The van der Waals surface area contributed by atoms with Crippen LogP contribution in [0, 0.1) is 0 Å². The van der Waals surface area contributed by atoms with Gasteiger partial charge in [0.2, 0.25) is 15.9 Å². The second-order valence-corrected chi connectivity index (χ2v) is 6.80. The summed E-state index contributed by atoms with van der Waals surface area (Å²) in [7, 11) is 1.04. The van der Waals surface area contributed by atoms with Crippen LogP contribution < -0.4 is 10.6 Å². The molecule has 1 amide bonds. The number of nitrogens with zero attached hydrogens (tertiary/aromatic N) is 1. The molecule has 0 bridgehead atoms. The Morgan fingerprint density at radius 2 is 2.00 bits per heavy atom. The average Bonchev–Trinajstić information content (AvgIpc) is 2.48. The highest BCUT2D eigenvalue weighted by molar-refractivity contribution is 7.89. The fourth-order valence-electron chi connectivity index (χ4n) is 2.04. The molecule has 0 saturated carbocycles. The van der Waals surface area contributed by atoms with Crippen LogP contribution in [0.4, 0.5) is 0 Å². The van der Waals surface area contributed by atoms with E-state index in [1.165, 1.54) is 14.1 Å². The van der Waals surface area contributed by atoms with Crippen LogP contribution >= 0.6 is 0 Å². The Balaban J connectivity index is 3.09. The van der Waals surface area contributed by atoms with Crippen LogP contribution in [0.2, 0.25) is 0 Å². The topological polar surface area (TPSA) is 78.5 Å². The van der Waals surface area contributed by atoms with E-state index in [-0.39, 0.29) is 23.4 Å². The minimum atomic E-state index is -3.67. The van der Waals surface area contributed by atoms with Crippen molar-refractivity contribution in [2.45, 2.75) is 24.3 Å². The molecule has 0 aromatic heterocycles. The van der Waals surface area contributed by atoms with Gasteiger partial charge in [-0.2, -0.15) is 4.31 Å². The Labute approximate surface area is 126 Å². The molecule has 0 fully saturated rings. The van der Waals surface area contributed by atoms with Crippen LogP contribution in [-0.2, 0) is 14.8 Å². The monoisotopic (exact) mass is 313 g/mol. The molecule has 6 nitrogen and oxygen atoms in total. The number of sulfonamides is 1. The number of likely N-dealkylation sites (N-methyl/N-ethyl adjacent to an activating group) is 2. The Bertz CT molecular complexity index is 583. The molecule has 118 valence electrons. The molecule has 0 heterocycles. The first-order valence-electron chi connectivity index (χ1n) is 6.81. The van der Waals surface area contributed by atoms with Gasteiger partial charge in [0.05, 0.1) is 11.4 Å². The molecule has 2 N–H and O–H groups in total. The smallest absolute Gasteiger partial charge is 0.243 e. The highest BCUT2D eigenvalue weighted by Crippen LogP contribution is 2.21. The molecule has 0 radical (unpaired) electrons. The number of hydrogen-bond donors (Lipinski definition) is 2. The van der Waals surface area contributed by atoms with Gasteiger partial charge >= 0.3 is 0 Å². The lowest BCUT2D eigenvalue weighted by Gasteiger charge is -2.19. The van der Waals surface area contributed by atoms with E-state index >= 15 is 0 Å². The van der Waals surface area contributed by atoms with E-state index in [4.69, 9.17) is 0 Å². The van der Waals surface area contributed by atoms with Crippen molar-refractivity contribution in [2.24, 2.45) is 0 Å². The van der Waals surface area contributed by atoms with Crippen molar-refractivity contribution < 1.29 is 13.2 Å². The van der Waals surface area contributed by atoms with Gasteiger partial charge in [-0.05, 0) is 31.2 Å². The molecule has 1 unspecified atom stereocenters. The zero-order valence-corrected chi connectivity index (χ0v) is 13.7. The maximum atomic E-state index is 12.5. The van der Waals surface area contributed by atoms with Gasteiger partial charge < -0.3 is 10.6 Å². The molecule has 1 atom stereocenters. The maximum absolute atomic E-state index is 12.5. The van der Waals surface area contributed by atoms with E-state index < -0.39 is 10.0 Å². The standard InChI is InChI=1S/C14H23N3O3S/c1-5-13(15-2)11-7-6-8-12(9-11)21(19,20)17(4)10-14(18)16-3/h6-9,13,15H,5,10H2,1-4H3,(H,16,18). The molecule has 21 heavy (non-hydrogen) atoms. The Kier molecular flexibility index (Phi) is 6.32. The zero-order chi connectivity index (χ0) is 16.0. The van der Waals surface area contributed by atoms with E-state index in [1.54, 1.807) is 18.2 Å². The molecular weight excluding hydrogens is 290 g/mol. The van der Waals surface area contributed by atoms with Crippen molar-refractivity contribution in [3.8, 4) is 0 Å². The first-order valence-corrected chi connectivity index (χ1v) is 8.25. The van der Waals surface area contributed by atoms with Gasteiger partial charge in [0.1, 0.15) is 0 Å². The third kappa shape index (κ3) is 4.26. The van der Waals surface area contributed by atoms with Crippen LogP contribution in [0.25, 0.3) is 0 Å². The predicted octanol–water partition coefficient (Wildman–Crippen LogP) is 0.724. The van der Waals surface area contributed by atoms with Gasteiger partial charge in [-0.15, -0.1) is 0 Å².